The normalized spacial score (nSPS) is 18.4. The number of aromatic nitrogens is 1. The van der Waals surface area contributed by atoms with Crippen LogP contribution in [0.4, 0.5) is 9.18 Å². The number of hydrogen-bond donors (Lipinski definition) is 2. The average Bonchev–Trinajstić information content (AvgIpc) is 3.03. The zero-order chi connectivity index (χ0) is 15.0. The Morgan fingerprint density at radius 3 is 3.05 bits per heavy atom. The van der Waals surface area contributed by atoms with Crippen LogP contribution in [0, 0.1) is 6.92 Å². The molecule has 1 aliphatic rings. The number of aromatic amines is 1. The van der Waals surface area contributed by atoms with Crippen molar-refractivity contribution in [3.63, 3.8) is 0 Å². The third-order valence-electron chi connectivity index (χ3n) is 3.80. The van der Waals surface area contributed by atoms with Crippen molar-refractivity contribution in [3.8, 4) is 0 Å². The summed E-state index contributed by atoms with van der Waals surface area (Å²) in [6, 6.07) is 5.63. The first-order valence-electron chi connectivity index (χ1n) is 6.97. The number of alkyl halides is 1. The van der Waals surface area contributed by atoms with E-state index in [0.717, 1.165) is 27.2 Å². The van der Waals surface area contributed by atoms with Gasteiger partial charge in [-0.15, -0.1) is 0 Å². The van der Waals surface area contributed by atoms with Crippen molar-refractivity contribution in [3.05, 3.63) is 34.5 Å². The van der Waals surface area contributed by atoms with E-state index in [0.29, 0.717) is 19.5 Å². The Kier molecular flexibility index (Phi) is 3.76. The summed E-state index contributed by atoms with van der Waals surface area (Å²) in [5.74, 6) is 0. The summed E-state index contributed by atoms with van der Waals surface area (Å²) in [4.78, 5) is 16.7. The molecule has 1 aromatic carbocycles. The first kappa shape index (κ1) is 14.2. The third-order valence-corrected chi connectivity index (χ3v) is 4.21. The van der Waals surface area contributed by atoms with E-state index in [9.17, 15) is 9.18 Å². The number of aryl methyl sites for hydroxylation is 1. The highest BCUT2D eigenvalue weighted by molar-refractivity contribution is 6.32. The zero-order valence-corrected chi connectivity index (χ0v) is 12.5. The molecular weight excluding hydrogens is 293 g/mol. The Bertz CT molecular complexity index is 646. The fourth-order valence-electron chi connectivity index (χ4n) is 2.60. The topological polar surface area (TPSA) is 48.1 Å². The molecule has 0 aliphatic carbocycles. The minimum absolute atomic E-state index is 0.188. The molecule has 112 valence electrons. The number of carbonyl (C=O) groups is 1. The molecule has 1 aliphatic heterocycles. The number of urea groups is 1. The lowest BCUT2D eigenvalue weighted by Gasteiger charge is -2.15. The van der Waals surface area contributed by atoms with Crippen LogP contribution in [0.25, 0.3) is 10.9 Å². The summed E-state index contributed by atoms with van der Waals surface area (Å²) in [5.41, 5.74) is 2.90. The number of nitrogens with one attached hydrogen (secondary N) is 2. The van der Waals surface area contributed by atoms with E-state index in [4.69, 9.17) is 11.6 Å². The van der Waals surface area contributed by atoms with Gasteiger partial charge in [-0.3, -0.25) is 0 Å². The number of hydrogen-bond acceptors (Lipinski definition) is 1. The number of fused-ring (bicyclic) bond motifs is 1. The first-order chi connectivity index (χ1) is 10.0. The molecule has 21 heavy (non-hydrogen) atoms. The number of carbonyl (C=O) groups excluding carboxylic acids is 1. The molecule has 6 heteroatoms. The molecule has 2 N–H and O–H groups in total. The molecule has 1 aromatic heterocycles. The van der Waals surface area contributed by atoms with Crippen molar-refractivity contribution in [2.24, 2.45) is 0 Å². The minimum atomic E-state index is -0.894. The highest BCUT2D eigenvalue weighted by Gasteiger charge is 2.25. The van der Waals surface area contributed by atoms with Crippen LogP contribution < -0.4 is 5.32 Å². The maximum absolute atomic E-state index is 13.1. The maximum atomic E-state index is 13.1. The van der Waals surface area contributed by atoms with Gasteiger partial charge in [-0.25, -0.2) is 9.18 Å². The summed E-state index contributed by atoms with van der Waals surface area (Å²) < 4.78 is 13.1. The van der Waals surface area contributed by atoms with Crippen LogP contribution >= 0.6 is 11.6 Å². The lowest BCUT2D eigenvalue weighted by atomic mass is 10.2. The molecule has 0 bridgehead atoms. The van der Waals surface area contributed by atoms with E-state index in [-0.39, 0.29) is 12.6 Å². The van der Waals surface area contributed by atoms with Gasteiger partial charge in [-0.05, 0) is 37.1 Å². The summed E-state index contributed by atoms with van der Waals surface area (Å²) >= 11 is 6.10. The fraction of sp³-hybridized carbons (Fsp3) is 0.400. The molecule has 3 rings (SSSR count). The molecule has 2 amide bonds. The number of benzene rings is 1. The van der Waals surface area contributed by atoms with E-state index in [1.54, 1.807) is 0 Å². The third kappa shape index (κ3) is 2.97. The van der Waals surface area contributed by atoms with Gasteiger partial charge in [0, 0.05) is 28.2 Å². The van der Waals surface area contributed by atoms with E-state index >= 15 is 0 Å². The van der Waals surface area contributed by atoms with Crippen LogP contribution in [0.15, 0.2) is 18.2 Å². The van der Waals surface area contributed by atoms with Gasteiger partial charge >= 0.3 is 6.03 Å². The van der Waals surface area contributed by atoms with Crippen molar-refractivity contribution in [1.82, 2.24) is 15.2 Å². The number of rotatable bonds is 2. The average molecular weight is 310 g/mol. The molecule has 0 radical (unpaired) electrons. The smallest absolute Gasteiger partial charge is 0.317 e. The highest BCUT2D eigenvalue weighted by Crippen LogP contribution is 2.24. The summed E-state index contributed by atoms with van der Waals surface area (Å²) in [6.45, 7) is 3.00. The molecule has 2 heterocycles. The Balaban J connectivity index is 1.66. The number of nitrogens with zero attached hydrogens (tertiary/aromatic N) is 1. The first-order valence-corrected chi connectivity index (χ1v) is 7.35. The van der Waals surface area contributed by atoms with Gasteiger partial charge in [0.2, 0.25) is 0 Å². The van der Waals surface area contributed by atoms with Crippen molar-refractivity contribution >= 4 is 28.5 Å². The standard InChI is InChI=1S/C15H17ClFN3O/c1-9-4-14-10(6-13(9)16)5-12(19-14)7-18-15(21)20-3-2-11(17)8-20/h4-6,11,19H,2-3,7-8H2,1H3,(H,18,21). The van der Waals surface area contributed by atoms with Crippen LogP contribution in [0.5, 0.6) is 0 Å². The molecule has 0 saturated carbocycles. The van der Waals surface area contributed by atoms with Gasteiger partial charge in [-0.2, -0.15) is 0 Å². The van der Waals surface area contributed by atoms with Crippen LogP contribution in [0.1, 0.15) is 17.7 Å². The molecule has 1 saturated heterocycles. The van der Waals surface area contributed by atoms with Crippen molar-refractivity contribution in [1.29, 1.82) is 0 Å². The lowest BCUT2D eigenvalue weighted by Crippen LogP contribution is -2.38. The minimum Gasteiger partial charge on any atom is -0.357 e. The second-order valence-electron chi connectivity index (χ2n) is 5.47. The van der Waals surface area contributed by atoms with Gasteiger partial charge < -0.3 is 15.2 Å². The Hall–Kier alpha value is -1.75. The van der Waals surface area contributed by atoms with E-state index in [1.165, 1.54) is 4.90 Å². The molecule has 0 spiro atoms. The highest BCUT2D eigenvalue weighted by atomic mass is 35.5. The molecular formula is C15H17ClFN3O. The van der Waals surface area contributed by atoms with Crippen LogP contribution in [0.3, 0.4) is 0 Å². The van der Waals surface area contributed by atoms with Crippen molar-refractivity contribution in [2.45, 2.75) is 26.1 Å². The molecule has 2 aromatic rings. The largest absolute Gasteiger partial charge is 0.357 e. The number of amides is 2. The number of likely N-dealkylation sites (tertiary alicyclic amines) is 1. The number of halogens is 2. The zero-order valence-electron chi connectivity index (χ0n) is 11.7. The summed E-state index contributed by atoms with van der Waals surface area (Å²) in [5, 5.41) is 4.55. The van der Waals surface area contributed by atoms with Crippen LogP contribution in [-0.2, 0) is 6.54 Å². The summed E-state index contributed by atoms with van der Waals surface area (Å²) in [7, 11) is 0. The fourth-order valence-corrected chi connectivity index (χ4v) is 2.77. The maximum Gasteiger partial charge on any atom is 0.317 e. The van der Waals surface area contributed by atoms with Gasteiger partial charge in [0.15, 0.2) is 0 Å². The van der Waals surface area contributed by atoms with E-state index in [1.807, 2.05) is 25.1 Å². The second-order valence-corrected chi connectivity index (χ2v) is 5.88. The van der Waals surface area contributed by atoms with Gasteiger partial charge in [0.25, 0.3) is 0 Å². The van der Waals surface area contributed by atoms with Gasteiger partial charge in [0.1, 0.15) is 6.17 Å². The molecule has 4 nitrogen and oxygen atoms in total. The van der Waals surface area contributed by atoms with Gasteiger partial charge in [-0.1, -0.05) is 11.6 Å². The van der Waals surface area contributed by atoms with E-state index in [2.05, 4.69) is 10.3 Å². The number of H-pyrrole nitrogens is 1. The Morgan fingerprint density at radius 1 is 1.52 bits per heavy atom. The second kappa shape index (κ2) is 5.56. The molecule has 1 fully saturated rings. The SMILES string of the molecule is Cc1cc2[nH]c(CNC(=O)N3CCC(F)C3)cc2cc1Cl. The lowest BCUT2D eigenvalue weighted by molar-refractivity contribution is 0.204. The molecule has 1 unspecified atom stereocenters. The van der Waals surface area contributed by atoms with Gasteiger partial charge in [0.05, 0.1) is 13.1 Å². The predicted octanol–water partition coefficient (Wildman–Crippen LogP) is 3.38. The monoisotopic (exact) mass is 309 g/mol. The Morgan fingerprint density at radius 2 is 2.33 bits per heavy atom. The Labute approximate surface area is 127 Å². The van der Waals surface area contributed by atoms with Crippen LogP contribution in [0.2, 0.25) is 5.02 Å². The predicted molar refractivity (Wildman–Crippen MR) is 81.4 cm³/mol. The van der Waals surface area contributed by atoms with Crippen molar-refractivity contribution < 1.29 is 9.18 Å². The quantitative estimate of drug-likeness (QED) is 0.878. The van der Waals surface area contributed by atoms with Crippen molar-refractivity contribution in [2.75, 3.05) is 13.1 Å². The summed E-state index contributed by atoms with van der Waals surface area (Å²) in [6.07, 6.45) is -0.466. The molecule has 1 atom stereocenters. The van der Waals surface area contributed by atoms with Crippen LogP contribution in [-0.4, -0.2) is 35.2 Å². The van der Waals surface area contributed by atoms with E-state index < -0.39 is 6.17 Å².